The number of allylic oxidation sites excluding steroid dienone is 1. The second-order valence-electron chi connectivity index (χ2n) is 29.3. The highest BCUT2D eigenvalue weighted by Crippen LogP contribution is 2.37. The lowest BCUT2D eigenvalue weighted by atomic mass is 9.94. The molecule has 0 aromatic heterocycles. The standard InChI is InChI=1S/C74H135N3O28/c1-5-7-9-11-13-15-17-19-20-21-22-23-24-26-28-30-32-34-36-38-54(86)77-47(48(85)37-35-33-31-29-27-25-18-16-14-12-10-8-6-2)44-96-72-63(93)61(91)67(52(42-81)100-72)103-73-64(94)62(92)66(53(43-82)101-73)102-71-56(76-46(4)84)68(58(88)50(40-79)98-71)104-74-65(95)69(59(89)51(41-80)99-74)105-70-55(75-45(3)83)60(90)57(87)49(39-78)97-70/h35,37,47-53,55-74,78-82,85,87-95H,5-34,36,38-44H2,1-4H3,(H,75,83)(H,76,84)(H,77,86)/b37-35+/t47-,48+,49?,50?,51?,52?,53?,55?,56?,57+,58-,59-,60+,61+,62+,63?,64?,65?,66-,67+,68+,69-,70-,71-,72+,73-,74-/m0/s1. The lowest BCUT2D eigenvalue weighted by molar-refractivity contribution is -0.383. The highest BCUT2D eigenvalue weighted by molar-refractivity contribution is 5.76. The van der Waals surface area contributed by atoms with Crippen LogP contribution in [-0.4, -0.2) is 300 Å². The molecule has 31 nitrogen and oxygen atoms in total. The van der Waals surface area contributed by atoms with Gasteiger partial charge in [0.15, 0.2) is 31.5 Å². The van der Waals surface area contributed by atoms with Crippen LogP contribution in [0, 0.1) is 0 Å². The molecule has 105 heavy (non-hydrogen) atoms. The van der Waals surface area contributed by atoms with Crippen molar-refractivity contribution in [1.29, 1.82) is 0 Å². The first kappa shape index (κ1) is 92.8. The molecule has 5 heterocycles. The molecule has 0 aliphatic carbocycles. The van der Waals surface area contributed by atoms with Crippen LogP contribution in [0.2, 0.25) is 0 Å². The largest absolute Gasteiger partial charge is 0.394 e. The van der Waals surface area contributed by atoms with Crippen LogP contribution in [0.3, 0.4) is 0 Å². The van der Waals surface area contributed by atoms with Gasteiger partial charge >= 0.3 is 0 Å². The van der Waals surface area contributed by atoms with Gasteiger partial charge in [0, 0.05) is 20.3 Å². The Labute approximate surface area is 620 Å². The maximum Gasteiger partial charge on any atom is 0.220 e. The molecule has 0 aromatic rings. The van der Waals surface area contributed by atoms with Gasteiger partial charge < -0.3 is 140 Å². The summed E-state index contributed by atoms with van der Waals surface area (Å²) in [6.45, 7) is 1.40. The van der Waals surface area contributed by atoms with Crippen molar-refractivity contribution in [2.24, 2.45) is 0 Å². The van der Waals surface area contributed by atoms with Gasteiger partial charge in [-0.25, -0.2) is 0 Å². The molecule has 31 heteroatoms. The number of hydrogen-bond acceptors (Lipinski definition) is 28. The van der Waals surface area contributed by atoms with Gasteiger partial charge in [0.2, 0.25) is 17.7 Å². The van der Waals surface area contributed by atoms with Gasteiger partial charge in [-0.1, -0.05) is 206 Å². The molecular weight excluding hydrogens is 1380 g/mol. The quantitative estimate of drug-likeness (QED) is 0.0301. The maximum atomic E-state index is 13.5. The van der Waals surface area contributed by atoms with Gasteiger partial charge in [-0.3, -0.25) is 14.4 Å². The molecule has 0 bridgehead atoms. The maximum absolute atomic E-state index is 13.5. The third kappa shape index (κ3) is 30.6. The van der Waals surface area contributed by atoms with E-state index in [1.54, 1.807) is 6.08 Å². The van der Waals surface area contributed by atoms with Gasteiger partial charge in [0.05, 0.1) is 51.8 Å². The Hall–Kier alpha value is -2.85. The smallest absolute Gasteiger partial charge is 0.220 e. The van der Waals surface area contributed by atoms with Gasteiger partial charge in [-0.15, -0.1) is 0 Å². The summed E-state index contributed by atoms with van der Waals surface area (Å²) in [5.41, 5.74) is 0. The summed E-state index contributed by atoms with van der Waals surface area (Å²) in [5.74, 6) is -1.89. The Morgan fingerprint density at radius 1 is 0.371 bits per heavy atom. The molecule has 10 unspecified atom stereocenters. The number of unbranched alkanes of at least 4 members (excludes halogenated alkanes) is 29. The highest BCUT2D eigenvalue weighted by Gasteiger charge is 2.57. The highest BCUT2D eigenvalue weighted by atomic mass is 16.8. The molecule has 0 aromatic carbocycles. The minimum Gasteiger partial charge on any atom is -0.394 e. The minimum atomic E-state index is -2.17. The van der Waals surface area contributed by atoms with Crippen molar-refractivity contribution >= 4 is 17.7 Å². The summed E-state index contributed by atoms with van der Waals surface area (Å²) in [4.78, 5) is 38.6. The number of hydrogen-bond donors (Lipinski definition) is 18. The summed E-state index contributed by atoms with van der Waals surface area (Å²) in [6, 6.07) is -4.37. The fourth-order valence-corrected chi connectivity index (χ4v) is 14.3. The number of nitrogens with one attached hydrogen (secondary N) is 3. The van der Waals surface area contributed by atoms with E-state index in [1.165, 1.54) is 141 Å². The van der Waals surface area contributed by atoms with Gasteiger partial charge in [-0.2, -0.15) is 0 Å². The topological polar surface area (TPSA) is 483 Å². The summed E-state index contributed by atoms with van der Waals surface area (Å²) < 4.78 is 59.2. The molecule has 5 aliphatic heterocycles. The minimum absolute atomic E-state index is 0.195. The zero-order chi connectivity index (χ0) is 76.8. The van der Waals surface area contributed by atoms with Crippen molar-refractivity contribution in [3.05, 3.63) is 12.2 Å². The fraction of sp³-hybridized carbons (Fsp3) is 0.932. The summed E-state index contributed by atoms with van der Waals surface area (Å²) in [7, 11) is 0. The van der Waals surface area contributed by atoms with E-state index < -0.39 is 217 Å². The fourth-order valence-electron chi connectivity index (χ4n) is 14.3. The van der Waals surface area contributed by atoms with Crippen LogP contribution in [0.1, 0.15) is 233 Å². The van der Waals surface area contributed by atoms with Gasteiger partial charge in [0.1, 0.15) is 122 Å². The van der Waals surface area contributed by atoms with E-state index in [9.17, 15) is 91.0 Å². The van der Waals surface area contributed by atoms with E-state index in [0.29, 0.717) is 12.8 Å². The van der Waals surface area contributed by atoms with Crippen molar-refractivity contribution in [1.82, 2.24) is 16.0 Å². The molecule has 18 N–H and O–H groups in total. The Balaban J connectivity index is 1.19. The van der Waals surface area contributed by atoms with Crippen LogP contribution >= 0.6 is 0 Å². The normalized spacial score (nSPS) is 34.4. The molecule has 0 spiro atoms. The monoisotopic (exact) mass is 1510 g/mol. The average Bonchev–Trinajstić information content (AvgIpc) is 0.754. The summed E-state index contributed by atoms with van der Waals surface area (Å²) in [6.07, 6.45) is -3.72. The molecule has 5 saturated heterocycles. The van der Waals surface area contributed by atoms with Gasteiger partial charge in [0.25, 0.3) is 0 Å². The van der Waals surface area contributed by atoms with Crippen LogP contribution in [0.4, 0.5) is 0 Å². The molecule has 5 fully saturated rings. The van der Waals surface area contributed by atoms with E-state index in [4.69, 9.17) is 47.4 Å². The van der Waals surface area contributed by atoms with Crippen molar-refractivity contribution in [3.8, 4) is 0 Å². The van der Waals surface area contributed by atoms with E-state index in [-0.39, 0.29) is 12.3 Å². The lowest BCUT2D eigenvalue weighted by Gasteiger charge is -2.50. The van der Waals surface area contributed by atoms with Crippen molar-refractivity contribution in [2.75, 3.05) is 39.6 Å². The second kappa shape index (κ2) is 51.7. The van der Waals surface area contributed by atoms with Crippen LogP contribution in [-0.2, 0) is 61.8 Å². The number of aliphatic hydroxyl groups excluding tert-OH is 15. The number of carbonyl (C=O) groups excluding carboxylic acids is 3. The Bertz CT molecular complexity index is 2340. The number of aliphatic hydroxyl groups is 15. The molecule has 0 saturated carbocycles. The van der Waals surface area contributed by atoms with Crippen LogP contribution < -0.4 is 16.0 Å². The Morgan fingerprint density at radius 3 is 1.17 bits per heavy atom. The van der Waals surface area contributed by atoms with Crippen molar-refractivity contribution in [2.45, 2.75) is 399 Å². The summed E-state index contributed by atoms with van der Waals surface area (Å²) in [5, 5.41) is 174. The molecule has 27 atom stereocenters. The first-order chi connectivity index (χ1) is 50.6. The zero-order valence-corrected chi connectivity index (χ0v) is 62.6. The third-order valence-electron chi connectivity index (χ3n) is 20.6. The first-order valence-corrected chi connectivity index (χ1v) is 39.5. The SMILES string of the molecule is CCCCCCCCCCCCC/C=C/[C@@H](O)[C@H](CO[C@@H]1OC(CO)[C@@H](O[C@@H]2OC(CO)[C@H](O[C@@H]3OC(CO)[C@H](O)[C@H](O[C@@H]4OC(CO)[C@H](O)[C@H](O[C@@H]5OC(CO)[C@@H](O)[C@H](O)C5NC(C)=O)C4O)C3NC(C)=O)[C@H](O)C2O)[C@H](O)C1O)NC(=O)CCCCCCCCCCCCCCCCCCCCC. The molecule has 5 aliphatic rings. The number of rotatable bonds is 53. The van der Waals surface area contributed by atoms with E-state index in [0.717, 1.165) is 58.8 Å². The predicted molar refractivity (Wildman–Crippen MR) is 380 cm³/mol. The molecule has 5 rings (SSSR count). The number of amides is 3. The molecule has 614 valence electrons. The number of ether oxygens (including phenoxy) is 10. The van der Waals surface area contributed by atoms with Crippen LogP contribution in [0.15, 0.2) is 12.2 Å². The second-order valence-corrected chi connectivity index (χ2v) is 29.3. The van der Waals surface area contributed by atoms with Crippen molar-refractivity contribution < 1.29 is 138 Å². The zero-order valence-electron chi connectivity index (χ0n) is 62.6. The van der Waals surface area contributed by atoms with E-state index in [1.807, 2.05) is 6.08 Å². The molecular formula is C74H135N3O28. The van der Waals surface area contributed by atoms with E-state index in [2.05, 4.69) is 29.8 Å². The Morgan fingerprint density at radius 2 is 0.714 bits per heavy atom. The van der Waals surface area contributed by atoms with Crippen LogP contribution in [0.5, 0.6) is 0 Å². The molecule has 3 amide bonds. The predicted octanol–water partition coefficient (Wildman–Crippen LogP) is 1.31. The van der Waals surface area contributed by atoms with Gasteiger partial charge in [-0.05, 0) is 19.3 Å². The summed E-state index contributed by atoms with van der Waals surface area (Å²) >= 11 is 0. The average molecular weight is 1510 g/mol. The first-order valence-electron chi connectivity index (χ1n) is 39.5. The third-order valence-corrected chi connectivity index (χ3v) is 20.6. The van der Waals surface area contributed by atoms with Crippen molar-refractivity contribution in [3.63, 3.8) is 0 Å². The lowest BCUT2D eigenvalue weighted by Crippen LogP contribution is -2.70. The van der Waals surface area contributed by atoms with E-state index >= 15 is 0 Å². The number of carbonyl (C=O) groups is 3. The Kier molecular flexibility index (Phi) is 45.6. The van der Waals surface area contributed by atoms with Crippen LogP contribution in [0.25, 0.3) is 0 Å². The molecule has 0 radical (unpaired) electrons.